The van der Waals surface area contributed by atoms with E-state index >= 15 is 0 Å². The molecule has 0 bridgehead atoms. The number of benzene rings is 2. The van der Waals surface area contributed by atoms with Crippen molar-refractivity contribution in [1.82, 2.24) is 14.5 Å². The Kier molecular flexibility index (Phi) is 4.04. The van der Waals surface area contributed by atoms with Crippen LogP contribution in [0.2, 0.25) is 0 Å². The van der Waals surface area contributed by atoms with Gasteiger partial charge < -0.3 is 9.47 Å². The van der Waals surface area contributed by atoms with Crippen LogP contribution in [0.5, 0.6) is 0 Å². The van der Waals surface area contributed by atoms with Gasteiger partial charge in [-0.25, -0.2) is 4.98 Å². The number of fused-ring (bicyclic) bond motifs is 1. The van der Waals surface area contributed by atoms with Gasteiger partial charge in [0.25, 0.3) is 0 Å². The molecular weight excluding hydrogens is 310 g/mol. The van der Waals surface area contributed by atoms with Crippen molar-refractivity contribution >= 4 is 16.9 Å². The second kappa shape index (κ2) is 6.36. The van der Waals surface area contributed by atoms with Crippen molar-refractivity contribution in [3.05, 3.63) is 66.0 Å². The SMILES string of the molecule is CC(C)n1c([C@H]2CC(=O)N(Cc3ccccc3)C2)nc2ccccc21. The maximum Gasteiger partial charge on any atom is 0.223 e. The normalized spacial score (nSPS) is 17.8. The molecule has 1 fully saturated rings. The first-order valence-corrected chi connectivity index (χ1v) is 8.92. The van der Waals surface area contributed by atoms with Gasteiger partial charge in [-0.15, -0.1) is 0 Å². The van der Waals surface area contributed by atoms with E-state index in [0.29, 0.717) is 19.0 Å². The summed E-state index contributed by atoms with van der Waals surface area (Å²) in [6.07, 6.45) is 0.545. The van der Waals surface area contributed by atoms with Gasteiger partial charge in [-0.3, -0.25) is 4.79 Å². The van der Waals surface area contributed by atoms with Gasteiger partial charge in [-0.05, 0) is 31.5 Å². The highest BCUT2D eigenvalue weighted by Crippen LogP contribution is 2.33. The van der Waals surface area contributed by atoms with Crippen LogP contribution in [0.4, 0.5) is 0 Å². The number of hydrogen-bond donors (Lipinski definition) is 0. The van der Waals surface area contributed by atoms with Crippen LogP contribution in [0.1, 0.15) is 43.6 Å². The monoisotopic (exact) mass is 333 g/mol. The van der Waals surface area contributed by atoms with E-state index in [4.69, 9.17) is 4.98 Å². The third kappa shape index (κ3) is 2.93. The van der Waals surface area contributed by atoms with Crippen molar-refractivity contribution in [2.45, 2.75) is 38.8 Å². The number of hydrogen-bond acceptors (Lipinski definition) is 2. The molecule has 0 aliphatic carbocycles. The second-order valence-corrected chi connectivity index (χ2v) is 7.08. The highest BCUT2D eigenvalue weighted by molar-refractivity contribution is 5.81. The molecule has 4 nitrogen and oxygen atoms in total. The van der Waals surface area contributed by atoms with E-state index < -0.39 is 0 Å². The Morgan fingerprint density at radius 2 is 1.80 bits per heavy atom. The van der Waals surface area contributed by atoms with Crippen molar-refractivity contribution in [2.24, 2.45) is 0 Å². The van der Waals surface area contributed by atoms with E-state index in [1.807, 2.05) is 35.2 Å². The fraction of sp³-hybridized carbons (Fsp3) is 0.333. The highest BCUT2D eigenvalue weighted by Gasteiger charge is 2.34. The average molecular weight is 333 g/mol. The zero-order chi connectivity index (χ0) is 17.4. The van der Waals surface area contributed by atoms with E-state index in [1.165, 1.54) is 5.56 Å². The van der Waals surface area contributed by atoms with Crippen LogP contribution in [0.3, 0.4) is 0 Å². The van der Waals surface area contributed by atoms with Crippen LogP contribution < -0.4 is 0 Å². The van der Waals surface area contributed by atoms with Crippen LogP contribution in [-0.4, -0.2) is 26.9 Å². The van der Waals surface area contributed by atoms with E-state index in [1.54, 1.807) is 0 Å². The molecule has 2 heterocycles. The minimum absolute atomic E-state index is 0.158. The van der Waals surface area contributed by atoms with Crippen molar-refractivity contribution in [1.29, 1.82) is 0 Å². The lowest BCUT2D eigenvalue weighted by atomic mass is 10.1. The smallest absolute Gasteiger partial charge is 0.223 e. The average Bonchev–Trinajstić information content (AvgIpc) is 3.17. The van der Waals surface area contributed by atoms with Gasteiger partial charge in [-0.2, -0.15) is 0 Å². The standard InChI is InChI=1S/C21H23N3O/c1-15(2)24-19-11-7-6-10-18(19)22-21(24)17-12-20(25)23(14-17)13-16-8-4-3-5-9-16/h3-11,15,17H,12-14H2,1-2H3/t17-/m0/s1. The van der Waals surface area contributed by atoms with Gasteiger partial charge in [0, 0.05) is 31.5 Å². The molecule has 1 aromatic heterocycles. The number of nitrogens with zero attached hydrogens (tertiary/aromatic N) is 3. The first-order valence-electron chi connectivity index (χ1n) is 8.92. The summed E-state index contributed by atoms with van der Waals surface area (Å²) in [6, 6.07) is 18.7. The lowest BCUT2D eigenvalue weighted by molar-refractivity contribution is -0.128. The summed E-state index contributed by atoms with van der Waals surface area (Å²) in [5.41, 5.74) is 3.34. The predicted octanol–water partition coefficient (Wildman–Crippen LogP) is 4.13. The molecule has 3 aromatic rings. The number of rotatable bonds is 4. The molecule has 1 saturated heterocycles. The highest BCUT2D eigenvalue weighted by atomic mass is 16.2. The summed E-state index contributed by atoms with van der Waals surface area (Å²) in [7, 11) is 0. The summed E-state index contributed by atoms with van der Waals surface area (Å²) >= 11 is 0. The van der Waals surface area contributed by atoms with Crippen LogP contribution in [0, 0.1) is 0 Å². The van der Waals surface area contributed by atoms with Crippen LogP contribution in [0.25, 0.3) is 11.0 Å². The Morgan fingerprint density at radius 1 is 1.08 bits per heavy atom. The van der Waals surface area contributed by atoms with Crippen molar-refractivity contribution in [2.75, 3.05) is 6.54 Å². The lowest BCUT2D eigenvalue weighted by Crippen LogP contribution is -2.24. The zero-order valence-corrected chi connectivity index (χ0v) is 14.7. The van der Waals surface area contributed by atoms with E-state index in [-0.39, 0.29) is 11.8 Å². The number of likely N-dealkylation sites (tertiary alicyclic amines) is 1. The van der Waals surface area contributed by atoms with Gasteiger partial charge in [0.1, 0.15) is 5.82 Å². The minimum atomic E-state index is 0.158. The molecule has 0 unspecified atom stereocenters. The molecule has 1 amide bonds. The summed E-state index contributed by atoms with van der Waals surface area (Å²) in [4.78, 5) is 19.4. The molecule has 25 heavy (non-hydrogen) atoms. The fourth-order valence-electron chi connectivity index (χ4n) is 3.80. The summed E-state index contributed by atoms with van der Waals surface area (Å²) in [5, 5.41) is 0. The molecule has 1 aliphatic rings. The summed E-state index contributed by atoms with van der Waals surface area (Å²) in [5.74, 6) is 1.42. The Labute approximate surface area is 148 Å². The quantitative estimate of drug-likeness (QED) is 0.720. The maximum absolute atomic E-state index is 12.5. The van der Waals surface area contributed by atoms with Crippen LogP contribution in [-0.2, 0) is 11.3 Å². The zero-order valence-electron chi connectivity index (χ0n) is 14.7. The van der Waals surface area contributed by atoms with E-state index in [0.717, 1.165) is 23.4 Å². The molecule has 128 valence electrons. The number of carbonyl (C=O) groups excluding carboxylic acids is 1. The van der Waals surface area contributed by atoms with Crippen molar-refractivity contribution < 1.29 is 4.79 Å². The maximum atomic E-state index is 12.5. The first-order chi connectivity index (χ1) is 12.1. The topological polar surface area (TPSA) is 38.1 Å². The predicted molar refractivity (Wildman–Crippen MR) is 99.3 cm³/mol. The molecule has 0 N–H and O–H groups in total. The number of imidazole rings is 1. The number of aromatic nitrogens is 2. The molecule has 4 heteroatoms. The van der Waals surface area contributed by atoms with Gasteiger partial charge in [-0.1, -0.05) is 42.5 Å². The fourth-order valence-corrected chi connectivity index (χ4v) is 3.80. The first kappa shape index (κ1) is 15.9. The Hall–Kier alpha value is -2.62. The second-order valence-electron chi connectivity index (χ2n) is 7.08. The Morgan fingerprint density at radius 3 is 2.56 bits per heavy atom. The lowest BCUT2D eigenvalue weighted by Gasteiger charge is -2.18. The minimum Gasteiger partial charge on any atom is -0.338 e. The number of para-hydroxylation sites is 2. The third-order valence-corrected chi connectivity index (χ3v) is 4.94. The number of amides is 1. The van der Waals surface area contributed by atoms with E-state index in [2.05, 4.69) is 42.7 Å². The molecule has 0 radical (unpaired) electrons. The van der Waals surface area contributed by atoms with Crippen molar-refractivity contribution in [3.8, 4) is 0 Å². The van der Waals surface area contributed by atoms with Crippen molar-refractivity contribution in [3.63, 3.8) is 0 Å². The van der Waals surface area contributed by atoms with Crippen LogP contribution in [0.15, 0.2) is 54.6 Å². The van der Waals surface area contributed by atoms with Gasteiger partial charge in [0.2, 0.25) is 5.91 Å². The Balaban J connectivity index is 1.64. The van der Waals surface area contributed by atoms with Gasteiger partial charge >= 0.3 is 0 Å². The van der Waals surface area contributed by atoms with Gasteiger partial charge in [0.05, 0.1) is 11.0 Å². The molecule has 4 rings (SSSR count). The van der Waals surface area contributed by atoms with Crippen LogP contribution >= 0.6 is 0 Å². The molecule has 1 atom stereocenters. The molecule has 1 aliphatic heterocycles. The largest absolute Gasteiger partial charge is 0.338 e. The summed E-state index contributed by atoms with van der Waals surface area (Å²) < 4.78 is 2.29. The molecular formula is C21H23N3O. The molecule has 0 saturated carbocycles. The van der Waals surface area contributed by atoms with E-state index in [9.17, 15) is 4.79 Å². The third-order valence-electron chi connectivity index (χ3n) is 4.94. The molecule has 0 spiro atoms. The number of carbonyl (C=O) groups is 1. The molecule has 2 aromatic carbocycles. The van der Waals surface area contributed by atoms with Gasteiger partial charge in [0.15, 0.2) is 0 Å². The Bertz CT molecular complexity index is 898. The summed E-state index contributed by atoms with van der Waals surface area (Å²) in [6.45, 7) is 5.77.